The zero-order valence-electron chi connectivity index (χ0n) is 10.1. The van der Waals surface area contributed by atoms with Gasteiger partial charge in [-0.15, -0.1) is 0 Å². The molecular formula is C14H27N. The Labute approximate surface area is 95.0 Å². The number of nitrogens with one attached hydrogen (secondary N) is 1. The number of rotatable bonds is 4. The fourth-order valence-corrected chi connectivity index (χ4v) is 3.30. The van der Waals surface area contributed by atoms with E-state index in [1.807, 2.05) is 0 Å². The maximum absolute atomic E-state index is 3.66. The van der Waals surface area contributed by atoms with Crippen LogP contribution in [0.1, 0.15) is 70.6 Å². The zero-order valence-corrected chi connectivity index (χ0v) is 10.1. The smallest absolute Gasteiger partial charge is 0.00670 e. The lowest BCUT2D eigenvalue weighted by atomic mass is 9.85. The first-order valence-corrected chi connectivity index (χ1v) is 7.18. The quantitative estimate of drug-likeness (QED) is 0.741. The van der Waals surface area contributed by atoms with Crippen molar-refractivity contribution in [3.05, 3.63) is 0 Å². The predicted molar refractivity (Wildman–Crippen MR) is 66.1 cm³/mol. The summed E-state index contributed by atoms with van der Waals surface area (Å²) in [6.45, 7) is 1.27. The summed E-state index contributed by atoms with van der Waals surface area (Å²) in [5.74, 6) is 1.09. The van der Waals surface area contributed by atoms with E-state index in [1.54, 1.807) is 0 Å². The predicted octanol–water partition coefficient (Wildman–Crippen LogP) is 3.88. The lowest BCUT2D eigenvalue weighted by Crippen LogP contribution is -2.33. The molecule has 1 saturated heterocycles. The van der Waals surface area contributed by atoms with Crippen LogP contribution in [0.4, 0.5) is 0 Å². The molecule has 0 aromatic heterocycles. The monoisotopic (exact) mass is 209 g/mol. The molecule has 2 fully saturated rings. The number of piperidine rings is 1. The van der Waals surface area contributed by atoms with Gasteiger partial charge in [0.15, 0.2) is 0 Å². The molecule has 0 amide bonds. The van der Waals surface area contributed by atoms with Crippen molar-refractivity contribution in [2.24, 2.45) is 5.92 Å². The van der Waals surface area contributed by atoms with Crippen LogP contribution < -0.4 is 5.32 Å². The van der Waals surface area contributed by atoms with Crippen LogP contribution in [0, 0.1) is 5.92 Å². The van der Waals surface area contributed by atoms with Crippen molar-refractivity contribution in [2.45, 2.75) is 76.7 Å². The van der Waals surface area contributed by atoms with E-state index in [-0.39, 0.29) is 0 Å². The Kier molecular flexibility index (Phi) is 4.98. The Morgan fingerprint density at radius 3 is 2.33 bits per heavy atom. The van der Waals surface area contributed by atoms with E-state index in [1.165, 1.54) is 77.2 Å². The lowest BCUT2D eigenvalue weighted by Gasteiger charge is -2.25. The molecule has 15 heavy (non-hydrogen) atoms. The van der Waals surface area contributed by atoms with E-state index in [4.69, 9.17) is 0 Å². The highest BCUT2D eigenvalue weighted by molar-refractivity contribution is 4.73. The molecule has 1 atom stereocenters. The van der Waals surface area contributed by atoms with Crippen LogP contribution in [0.25, 0.3) is 0 Å². The number of hydrogen-bond acceptors (Lipinski definition) is 1. The molecule has 0 radical (unpaired) electrons. The van der Waals surface area contributed by atoms with E-state index >= 15 is 0 Å². The van der Waals surface area contributed by atoms with E-state index in [0.29, 0.717) is 0 Å². The van der Waals surface area contributed by atoms with Gasteiger partial charge in [0.1, 0.15) is 0 Å². The minimum Gasteiger partial charge on any atom is -0.314 e. The van der Waals surface area contributed by atoms with E-state index < -0.39 is 0 Å². The van der Waals surface area contributed by atoms with Crippen molar-refractivity contribution in [3.8, 4) is 0 Å². The molecule has 1 N–H and O–H groups in total. The SMILES string of the molecule is C1CCC(CCCC2CCCCN2)CC1. The van der Waals surface area contributed by atoms with Gasteiger partial charge < -0.3 is 5.32 Å². The van der Waals surface area contributed by atoms with Crippen molar-refractivity contribution in [3.63, 3.8) is 0 Å². The van der Waals surface area contributed by atoms with Crippen molar-refractivity contribution in [2.75, 3.05) is 6.54 Å². The molecule has 2 rings (SSSR count). The fraction of sp³-hybridized carbons (Fsp3) is 1.00. The standard InChI is InChI=1S/C14H27N/c1-2-7-13(8-3-1)9-6-11-14-10-4-5-12-15-14/h13-15H,1-12H2. The average Bonchev–Trinajstić information content (AvgIpc) is 2.32. The third-order valence-electron chi connectivity index (χ3n) is 4.30. The summed E-state index contributed by atoms with van der Waals surface area (Å²) in [5, 5.41) is 3.66. The van der Waals surface area contributed by atoms with E-state index in [9.17, 15) is 0 Å². The Morgan fingerprint density at radius 1 is 0.800 bits per heavy atom. The Bertz CT molecular complexity index is 137. The minimum absolute atomic E-state index is 0.863. The van der Waals surface area contributed by atoms with Gasteiger partial charge >= 0.3 is 0 Å². The molecule has 1 aliphatic heterocycles. The summed E-state index contributed by atoms with van der Waals surface area (Å²) in [4.78, 5) is 0. The van der Waals surface area contributed by atoms with Crippen molar-refractivity contribution in [1.29, 1.82) is 0 Å². The molecule has 0 bridgehead atoms. The summed E-state index contributed by atoms with van der Waals surface area (Å²) < 4.78 is 0. The van der Waals surface area contributed by atoms with Crippen LogP contribution in [0.2, 0.25) is 0 Å². The third kappa shape index (κ3) is 4.14. The molecule has 1 nitrogen and oxygen atoms in total. The van der Waals surface area contributed by atoms with Gasteiger partial charge in [0.25, 0.3) is 0 Å². The van der Waals surface area contributed by atoms with Crippen molar-refractivity contribution < 1.29 is 0 Å². The first-order valence-electron chi connectivity index (χ1n) is 7.18. The van der Waals surface area contributed by atoms with Gasteiger partial charge in [-0.3, -0.25) is 0 Å². The highest BCUT2D eigenvalue weighted by atomic mass is 14.9. The second-order valence-corrected chi connectivity index (χ2v) is 5.58. The first kappa shape index (κ1) is 11.4. The molecule has 0 aromatic rings. The molecule has 1 aliphatic carbocycles. The van der Waals surface area contributed by atoms with Crippen LogP contribution in [0.5, 0.6) is 0 Å². The molecule has 0 spiro atoms. The molecular weight excluding hydrogens is 182 g/mol. The van der Waals surface area contributed by atoms with E-state index in [0.717, 1.165) is 12.0 Å². The molecule has 1 saturated carbocycles. The van der Waals surface area contributed by atoms with Crippen LogP contribution in [0.15, 0.2) is 0 Å². The number of hydrogen-bond donors (Lipinski definition) is 1. The summed E-state index contributed by atoms with van der Waals surface area (Å²) in [6.07, 6.45) is 16.3. The van der Waals surface area contributed by atoms with Gasteiger partial charge in [0.2, 0.25) is 0 Å². The normalized spacial score (nSPS) is 29.2. The van der Waals surface area contributed by atoms with Gasteiger partial charge in [-0.2, -0.15) is 0 Å². The van der Waals surface area contributed by atoms with Gasteiger partial charge in [-0.05, 0) is 31.7 Å². The second-order valence-electron chi connectivity index (χ2n) is 5.58. The Hall–Kier alpha value is -0.0400. The molecule has 2 aliphatic rings. The Morgan fingerprint density at radius 2 is 1.60 bits per heavy atom. The molecule has 88 valence electrons. The molecule has 1 unspecified atom stereocenters. The summed E-state index contributed by atoms with van der Waals surface area (Å²) in [7, 11) is 0. The fourth-order valence-electron chi connectivity index (χ4n) is 3.30. The topological polar surface area (TPSA) is 12.0 Å². The van der Waals surface area contributed by atoms with Crippen LogP contribution in [-0.4, -0.2) is 12.6 Å². The maximum Gasteiger partial charge on any atom is 0.00670 e. The lowest BCUT2D eigenvalue weighted by molar-refractivity contribution is 0.309. The highest BCUT2D eigenvalue weighted by Crippen LogP contribution is 2.28. The van der Waals surface area contributed by atoms with Gasteiger partial charge in [-0.1, -0.05) is 51.4 Å². The van der Waals surface area contributed by atoms with E-state index in [2.05, 4.69) is 5.32 Å². The summed E-state index contributed by atoms with van der Waals surface area (Å²) in [6, 6.07) is 0.863. The molecule has 1 heteroatoms. The molecule has 0 aromatic carbocycles. The van der Waals surface area contributed by atoms with Gasteiger partial charge in [0.05, 0.1) is 0 Å². The van der Waals surface area contributed by atoms with Crippen molar-refractivity contribution >= 4 is 0 Å². The summed E-state index contributed by atoms with van der Waals surface area (Å²) in [5.41, 5.74) is 0. The second kappa shape index (κ2) is 6.52. The van der Waals surface area contributed by atoms with Crippen LogP contribution in [-0.2, 0) is 0 Å². The van der Waals surface area contributed by atoms with Crippen molar-refractivity contribution in [1.82, 2.24) is 5.32 Å². The minimum atomic E-state index is 0.863. The van der Waals surface area contributed by atoms with Gasteiger partial charge in [0, 0.05) is 6.04 Å². The molecule has 1 heterocycles. The van der Waals surface area contributed by atoms with Gasteiger partial charge in [-0.25, -0.2) is 0 Å². The largest absolute Gasteiger partial charge is 0.314 e. The van der Waals surface area contributed by atoms with Crippen LogP contribution in [0.3, 0.4) is 0 Å². The maximum atomic E-state index is 3.66. The summed E-state index contributed by atoms with van der Waals surface area (Å²) >= 11 is 0. The Balaban J connectivity index is 1.53. The highest BCUT2D eigenvalue weighted by Gasteiger charge is 2.15. The first-order chi connectivity index (χ1) is 7.45. The third-order valence-corrected chi connectivity index (χ3v) is 4.30. The zero-order chi connectivity index (χ0) is 10.3. The average molecular weight is 209 g/mol. The van der Waals surface area contributed by atoms with Crippen LogP contribution >= 0.6 is 0 Å².